The Labute approximate surface area is 165 Å². The molecule has 0 aliphatic carbocycles. The average molecular weight is 382 g/mol. The highest BCUT2D eigenvalue weighted by Gasteiger charge is 2.28. The number of carbonyl (C=O) groups excluding carboxylic acids is 2. The maximum atomic E-state index is 12.8. The van der Waals surface area contributed by atoms with E-state index in [9.17, 15) is 14.7 Å². The molecule has 1 aliphatic heterocycles. The minimum atomic E-state index is -0.367. The summed E-state index contributed by atoms with van der Waals surface area (Å²) in [4.78, 5) is 32.8. The van der Waals surface area contributed by atoms with Crippen LogP contribution in [0.4, 0.5) is 5.69 Å². The third-order valence-electron chi connectivity index (χ3n) is 4.98. The number of likely N-dealkylation sites (N-methyl/N-ethyl adjacent to an activating group) is 1. The Balaban J connectivity index is 1.66. The Hall–Kier alpha value is -2.77. The SMILES string of the molecule is CN(C(=O)CC(=O)Nc1cccnc1)[C@H](CN1CCC(O)C1)c1ccccc1. The van der Waals surface area contributed by atoms with Crippen LogP contribution in [0.5, 0.6) is 0 Å². The molecule has 1 aromatic heterocycles. The molecule has 1 aromatic carbocycles. The van der Waals surface area contributed by atoms with Crippen LogP contribution < -0.4 is 5.32 Å². The quantitative estimate of drug-likeness (QED) is 0.712. The van der Waals surface area contributed by atoms with Crippen LogP contribution in [0.25, 0.3) is 0 Å². The van der Waals surface area contributed by atoms with Crippen LogP contribution in [-0.4, -0.2) is 64.5 Å². The van der Waals surface area contributed by atoms with Crippen LogP contribution in [0.3, 0.4) is 0 Å². The van der Waals surface area contributed by atoms with Gasteiger partial charge in [0.05, 0.1) is 24.0 Å². The largest absolute Gasteiger partial charge is 0.392 e. The lowest BCUT2D eigenvalue weighted by molar-refractivity contribution is -0.135. The molecule has 2 aromatic rings. The fraction of sp³-hybridized carbons (Fsp3) is 0.381. The van der Waals surface area contributed by atoms with Crippen molar-refractivity contribution >= 4 is 17.5 Å². The molecule has 1 saturated heterocycles. The number of pyridine rings is 1. The lowest BCUT2D eigenvalue weighted by Crippen LogP contribution is -2.40. The van der Waals surface area contributed by atoms with Crippen molar-refractivity contribution in [1.29, 1.82) is 0 Å². The molecule has 0 bridgehead atoms. The Bertz CT molecular complexity index is 785. The topological polar surface area (TPSA) is 85.8 Å². The Kier molecular flexibility index (Phi) is 6.73. The van der Waals surface area contributed by atoms with E-state index in [1.165, 1.54) is 6.20 Å². The maximum Gasteiger partial charge on any atom is 0.233 e. The van der Waals surface area contributed by atoms with E-state index in [1.807, 2.05) is 30.3 Å². The Morgan fingerprint density at radius 1 is 1.29 bits per heavy atom. The van der Waals surface area contributed by atoms with Gasteiger partial charge in [0.25, 0.3) is 0 Å². The summed E-state index contributed by atoms with van der Waals surface area (Å²) in [5.74, 6) is -0.622. The number of aromatic nitrogens is 1. The van der Waals surface area contributed by atoms with Crippen LogP contribution in [0.1, 0.15) is 24.4 Å². The number of aliphatic hydroxyl groups is 1. The molecule has 3 rings (SSSR count). The summed E-state index contributed by atoms with van der Waals surface area (Å²) in [5, 5.41) is 12.5. The first-order chi connectivity index (χ1) is 13.5. The van der Waals surface area contributed by atoms with Crippen molar-refractivity contribution in [3.63, 3.8) is 0 Å². The van der Waals surface area contributed by atoms with Gasteiger partial charge in [0.1, 0.15) is 6.42 Å². The van der Waals surface area contributed by atoms with E-state index in [-0.39, 0.29) is 30.4 Å². The van der Waals surface area contributed by atoms with Crippen LogP contribution in [0.2, 0.25) is 0 Å². The maximum absolute atomic E-state index is 12.8. The zero-order valence-corrected chi connectivity index (χ0v) is 16.0. The minimum absolute atomic E-state index is 0.190. The molecule has 2 atom stereocenters. The Morgan fingerprint density at radius 3 is 2.71 bits per heavy atom. The molecule has 0 radical (unpaired) electrons. The first-order valence-electron chi connectivity index (χ1n) is 9.44. The number of anilines is 1. The molecule has 7 nitrogen and oxygen atoms in total. The highest BCUT2D eigenvalue weighted by Crippen LogP contribution is 2.23. The normalized spacial score (nSPS) is 17.9. The number of nitrogens with one attached hydrogen (secondary N) is 1. The first kappa shape index (κ1) is 20.0. The van der Waals surface area contributed by atoms with Crippen molar-refractivity contribution in [2.75, 3.05) is 32.0 Å². The van der Waals surface area contributed by atoms with E-state index in [2.05, 4.69) is 15.2 Å². The number of aliphatic hydroxyl groups excluding tert-OH is 1. The number of benzene rings is 1. The van der Waals surface area contributed by atoms with Gasteiger partial charge in [-0.15, -0.1) is 0 Å². The smallest absolute Gasteiger partial charge is 0.233 e. The van der Waals surface area contributed by atoms with Crippen LogP contribution in [0.15, 0.2) is 54.9 Å². The number of hydrogen-bond donors (Lipinski definition) is 2. The average Bonchev–Trinajstić information content (AvgIpc) is 3.12. The molecule has 1 fully saturated rings. The van der Waals surface area contributed by atoms with E-state index in [0.29, 0.717) is 18.8 Å². The highest BCUT2D eigenvalue weighted by molar-refractivity contribution is 6.03. The summed E-state index contributed by atoms with van der Waals surface area (Å²) >= 11 is 0. The van der Waals surface area contributed by atoms with Crippen LogP contribution in [0, 0.1) is 0 Å². The zero-order valence-electron chi connectivity index (χ0n) is 16.0. The van der Waals surface area contributed by atoms with E-state index < -0.39 is 0 Å². The highest BCUT2D eigenvalue weighted by atomic mass is 16.3. The molecule has 0 spiro atoms. The van der Waals surface area contributed by atoms with Crippen LogP contribution >= 0.6 is 0 Å². The molecule has 1 aliphatic rings. The standard InChI is InChI=1S/C21H26N4O3/c1-24(21(28)12-20(27)23-17-8-5-10-22-13-17)19(16-6-3-2-4-7-16)15-25-11-9-18(26)14-25/h2-8,10,13,18-19,26H,9,11-12,14-15H2,1H3,(H,23,27)/t18?,19-/m1/s1. The van der Waals surface area contributed by atoms with Crippen molar-refractivity contribution < 1.29 is 14.7 Å². The van der Waals surface area contributed by atoms with E-state index in [4.69, 9.17) is 0 Å². The van der Waals surface area contributed by atoms with Gasteiger partial charge in [0.2, 0.25) is 11.8 Å². The lowest BCUT2D eigenvalue weighted by Gasteiger charge is -2.32. The van der Waals surface area contributed by atoms with Gasteiger partial charge in [-0.25, -0.2) is 0 Å². The number of likely N-dealkylation sites (tertiary alicyclic amines) is 1. The summed E-state index contributed by atoms with van der Waals surface area (Å²) in [7, 11) is 1.73. The van der Waals surface area contributed by atoms with Crippen molar-refractivity contribution in [1.82, 2.24) is 14.8 Å². The van der Waals surface area contributed by atoms with Crippen molar-refractivity contribution in [2.24, 2.45) is 0 Å². The number of rotatable bonds is 7. The number of β-amino-alcohol motifs (C(OH)–C–C–N with tert-alkyl or cyclic N) is 1. The summed E-state index contributed by atoms with van der Waals surface area (Å²) in [6, 6.07) is 13.0. The fourth-order valence-electron chi connectivity index (χ4n) is 3.43. The molecule has 2 heterocycles. The number of hydrogen-bond acceptors (Lipinski definition) is 5. The van der Waals surface area contributed by atoms with Gasteiger partial charge < -0.3 is 15.3 Å². The summed E-state index contributed by atoms with van der Waals surface area (Å²) in [6.07, 6.45) is 3.35. The molecule has 2 amide bonds. The predicted molar refractivity (Wildman–Crippen MR) is 107 cm³/mol. The molecule has 2 N–H and O–H groups in total. The molecule has 0 saturated carbocycles. The van der Waals surface area contributed by atoms with Gasteiger partial charge in [0, 0.05) is 32.9 Å². The van der Waals surface area contributed by atoms with Crippen molar-refractivity contribution in [2.45, 2.75) is 25.0 Å². The number of amides is 2. The van der Waals surface area contributed by atoms with Crippen LogP contribution in [-0.2, 0) is 9.59 Å². The second-order valence-electron chi connectivity index (χ2n) is 7.10. The third kappa shape index (κ3) is 5.37. The summed E-state index contributed by atoms with van der Waals surface area (Å²) in [6.45, 7) is 2.02. The van der Waals surface area contributed by atoms with Gasteiger partial charge in [-0.3, -0.25) is 19.5 Å². The van der Waals surface area contributed by atoms with Gasteiger partial charge >= 0.3 is 0 Å². The molecule has 7 heteroatoms. The monoisotopic (exact) mass is 382 g/mol. The van der Waals surface area contributed by atoms with Crippen molar-refractivity contribution in [3.05, 3.63) is 60.4 Å². The molecule has 28 heavy (non-hydrogen) atoms. The van der Waals surface area contributed by atoms with E-state index in [0.717, 1.165) is 18.5 Å². The molecular weight excluding hydrogens is 356 g/mol. The molecular formula is C21H26N4O3. The van der Waals surface area contributed by atoms with Crippen molar-refractivity contribution in [3.8, 4) is 0 Å². The zero-order chi connectivity index (χ0) is 19.9. The van der Waals surface area contributed by atoms with Gasteiger partial charge in [0.15, 0.2) is 0 Å². The summed E-state index contributed by atoms with van der Waals surface area (Å²) in [5.41, 5.74) is 1.57. The minimum Gasteiger partial charge on any atom is -0.392 e. The molecule has 148 valence electrons. The van der Waals surface area contributed by atoms with E-state index >= 15 is 0 Å². The fourth-order valence-corrected chi connectivity index (χ4v) is 3.43. The number of nitrogens with zero attached hydrogens (tertiary/aromatic N) is 3. The van der Waals surface area contributed by atoms with E-state index in [1.54, 1.807) is 30.3 Å². The first-order valence-corrected chi connectivity index (χ1v) is 9.44. The van der Waals surface area contributed by atoms with Gasteiger partial charge in [-0.1, -0.05) is 30.3 Å². The Morgan fingerprint density at radius 2 is 2.07 bits per heavy atom. The number of carbonyl (C=O) groups is 2. The van der Waals surface area contributed by atoms with Gasteiger partial charge in [-0.2, -0.15) is 0 Å². The second kappa shape index (κ2) is 9.43. The van der Waals surface area contributed by atoms with Gasteiger partial charge in [-0.05, 0) is 24.1 Å². The predicted octanol–water partition coefficient (Wildman–Crippen LogP) is 1.68. The molecule has 1 unspecified atom stereocenters. The second-order valence-corrected chi connectivity index (χ2v) is 7.10. The lowest BCUT2D eigenvalue weighted by atomic mass is 10.0. The summed E-state index contributed by atoms with van der Waals surface area (Å²) < 4.78 is 0. The third-order valence-corrected chi connectivity index (χ3v) is 4.98.